The van der Waals surface area contributed by atoms with Crippen LogP contribution in [0.5, 0.6) is 11.5 Å². The maximum atomic E-state index is 13.5. The Kier molecular flexibility index (Phi) is 9.13. The first kappa shape index (κ1) is 31.8. The highest BCUT2D eigenvalue weighted by atomic mass is 32.1. The van der Waals surface area contributed by atoms with E-state index in [0.29, 0.717) is 61.2 Å². The van der Waals surface area contributed by atoms with E-state index >= 15 is 0 Å². The Labute approximate surface area is 283 Å². The van der Waals surface area contributed by atoms with Crippen molar-refractivity contribution in [3.63, 3.8) is 0 Å². The molecule has 7 rings (SSSR count). The molecule has 0 aliphatic carbocycles. The van der Waals surface area contributed by atoms with Crippen LogP contribution in [0.4, 0.5) is 10.5 Å². The van der Waals surface area contributed by atoms with Gasteiger partial charge in [-0.25, -0.2) is 14.6 Å². The molecule has 0 saturated carbocycles. The van der Waals surface area contributed by atoms with E-state index < -0.39 is 5.97 Å². The molecule has 13 heteroatoms. The predicted octanol–water partition coefficient (Wildman–Crippen LogP) is 4.35. The van der Waals surface area contributed by atoms with Crippen LogP contribution in [-0.4, -0.2) is 108 Å². The molecular weight excluding hydrogens is 630 g/mol. The molecule has 2 atom stereocenters. The maximum absolute atomic E-state index is 13.5. The number of anilines is 1. The number of piperidine rings is 1. The van der Waals surface area contributed by atoms with Crippen LogP contribution >= 0.6 is 11.3 Å². The summed E-state index contributed by atoms with van der Waals surface area (Å²) in [4.78, 5) is 56.0. The molecule has 250 valence electrons. The van der Waals surface area contributed by atoms with E-state index in [0.717, 1.165) is 42.3 Å². The quantitative estimate of drug-likeness (QED) is 0.352. The van der Waals surface area contributed by atoms with Crippen molar-refractivity contribution >= 4 is 40.8 Å². The molecule has 5 heterocycles. The largest absolute Gasteiger partial charge is 0.466 e. The van der Waals surface area contributed by atoms with Gasteiger partial charge in [0.15, 0.2) is 10.8 Å². The first-order valence-electron chi connectivity index (χ1n) is 16.4. The number of rotatable bonds is 8. The van der Waals surface area contributed by atoms with Gasteiger partial charge in [0.2, 0.25) is 0 Å². The number of amidine groups is 1. The normalized spacial score (nSPS) is 21.5. The monoisotopic (exact) mass is 669 g/mol. The molecule has 4 aliphatic rings. The summed E-state index contributed by atoms with van der Waals surface area (Å²) < 4.78 is 11.2. The van der Waals surface area contributed by atoms with Crippen LogP contribution in [0.25, 0.3) is 0 Å². The molecule has 3 saturated heterocycles. The van der Waals surface area contributed by atoms with Crippen LogP contribution < -0.4 is 15.0 Å². The zero-order valence-corrected chi connectivity index (χ0v) is 27.9. The molecule has 3 fully saturated rings. The van der Waals surface area contributed by atoms with Gasteiger partial charge in [0, 0.05) is 74.3 Å². The lowest BCUT2D eigenvalue weighted by atomic mass is 10.0. The number of nitrogens with one attached hydrogen (secondary N) is 1. The number of aliphatic imine (C=N–C) groups is 1. The van der Waals surface area contributed by atoms with Crippen LogP contribution in [-0.2, 0) is 9.53 Å². The second kappa shape index (κ2) is 13.8. The van der Waals surface area contributed by atoms with Gasteiger partial charge in [-0.1, -0.05) is 0 Å². The highest BCUT2D eigenvalue weighted by Crippen LogP contribution is 2.30. The number of methoxy groups -OCH3 is 1. The Balaban J connectivity index is 0.976. The Morgan fingerprint density at radius 3 is 2.38 bits per heavy atom. The van der Waals surface area contributed by atoms with Gasteiger partial charge >= 0.3 is 12.0 Å². The summed E-state index contributed by atoms with van der Waals surface area (Å²) in [5.41, 5.74) is 2.73. The fraction of sp³-hybridized carbons (Fsp3) is 0.400. The van der Waals surface area contributed by atoms with Gasteiger partial charge in [-0.3, -0.25) is 19.6 Å². The molecule has 4 aliphatic heterocycles. The molecule has 3 amide bonds. The lowest BCUT2D eigenvalue weighted by Gasteiger charge is -2.37. The summed E-state index contributed by atoms with van der Waals surface area (Å²) in [6, 6.07) is 14.4. The highest BCUT2D eigenvalue weighted by Gasteiger charge is 2.42. The van der Waals surface area contributed by atoms with Gasteiger partial charge in [-0.15, -0.1) is 11.3 Å². The summed E-state index contributed by atoms with van der Waals surface area (Å²) in [5, 5.41) is 6.02. The summed E-state index contributed by atoms with van der Waals surface area (Å²) in [5.74, 6) is 1.60. The predicted molar refractivity (Wildman–Crippen MR) is 183 cm³/mol. The second-order valence-corrected chi connectivity index (χ2v) is 13.3. The van der Waals surface area contributed by atoms with Crippen LogP contribution in [0.2, 0.25) is 0 Å². The van der Waals surface area contributed by atoms with E-state index in [1.54, 1.807) is 6.20 Å². The van der Waals surface area contributed by atoms with E-state index in [4.69, 9.17) is 9.47 Å². The third-order valence-corrected chi connectivity index (χ3v) is 10.1. The van der Waals surface area contributed by atoms with Gasteiger partial charge in [-0.2, -0.15) is 0 Å². The number of carbonyl (C=O) groups excluding carboxylic acids is 3. The van der Waals surface area contributed by atoms with Crippen molar-refractivity contribution in [2.75, 3.05) is 57.8 Å². The number of piperazine rings is 1. The highest BCUT2D eigenvalue weighted by molar-refractivity contribution is 7.11. The maximum Gasteiger partial charge on any atom is 0.337 e. The van der Waals surface area contributed by atoms with Gasteiger partial charge in [-0.05, 0) is 74.7 Å². The van der Waals surface area contributed by atoms with Gasteiger partial charge < -0.3 is 24.6 Å². The van der Waals surface area contributed by atoms with Crippen molar-refractivity contribution in [3.8, 4) is 11.5 Å². The minimum absolute atomic E-state index is 0.00336. The molecule has 1 N–H and O–H groups in total. The second-order valence-electron chi connectivity index (χ2n) is 12.4. The first-order chi connectivity index (χ1) is 23.4. The Morgan fingerprint density at radius 2 is 1.69 bits per heavy atom. The number of likely N-dealkylation sites (tertiary alicyclic amines) is 1. The number of amides is 3. The molecular formula is C35H39N7O5S. The fourth-order valence-corrected chi connectivity index (χ4v) is 7.45. The first-order valence-corrected chi connectivity index (χ1v) is 17.3. The number of urea groups is 1. The topological polar surface area (TPSA) is 120 Å². The third-order valence-electron chi connectivity index (χ3n) is 9.32. The number of esters is 1. The number of hydrogen-bond acceptors (Lipinski definition) is 10. The van der Waals surface area contributed by atoms with E-state index in [1.165, 1.54) is 24.9 Å². The molecule has 3 aromatic rings. The average Bonchev–Trinajstić information content (AvgIpc) is 3.77. The molecule has 2 aromatic carbocycles. The molecule has 0 radical (unpaired) electrons. The van der Waals surface area contributed by atoms with E-state index in [-0.39, 0.29) is 24.0 Å². The molecule has 0 unspecified atom stereocenters. The third kappa shape index (κ3) is 6.52. The lowest BCUT2D eigenvalue weighted by Crippen LogP contribution is -2.53. The Hall–Kier alpha value is -4.75. The Morgan fingerprint density at radius 1 is 0.958 bits per heavy atom. The van der Waals surface area contributed by atoms with Crippen molar-refractivity contribution in [2.24, 2.45) is 4.99 Å². The van der Waals surface area contributed by atoms with Gasteiger partial charge in [0.05, 0.1) is 24.8 Å². The van der Waals surface area contributed by atoms with Crippen molar-refractivity contribution < 1.29 is 23.9 Å². The summed E-state index contributed by atoms with van der Waals surface area (Å²) >= 11 is 1.49. The number of benzene rings is 2. The van der Waals surface area contributed by atoms with E-state index in [1.807, 2.05) is 75.5 Å². The van der Waals surface area contributed by atoms with E-state index in [2.05, 4.69) is 20.2 Å². The number of hydrogen-bond donors (Lipinski definition) is 1. The van der Waals surface area contributed by atoms with Crippen molar-refractivity contribution in [1.29, 1.82) is 0 Å². The Bertz CT molecular complexity index is 1720. The molecule has 0 bridgehead atoms. The van der Waals surface area contributed by atoms with Crippen LogP contribution in [0.1, 0.15) is 41.6 Å². The van der Waals surface area contributed by atoms with Crippen molar-refractivity contribution in [3.05, 3.63) is 81.9 Å². The zero-order chi connectivity index (χ0) is 33.2. The number of fused-ring (bicyclic) bond motifs is 1. The molecule has 0 spiro atoms. The summed E-state index contributed by atoms with van der Waals surface area (Å²) in [6.45, 7) is 6.49. The minimum atomic E-state index is -0.403. The standard InChI is InChI=1S/C35H39N7O5S/c1-23-30(34(44)46-2)29(38-31(37-23)32-36-14-19-48-32)22-39-17-18-41-26(20-39)21-42(35(41)45)25-8-12-28(13-9-25)47-27-10-6-24(7-11-27)33(43)40-15-4-3-5-16-40/h6-14,19,23,26H,3-5,15-18,20-22H2,1-2H3,(H,37,38)/t23-,26-/m0/s1. The smallest absolute Gasteiger partial charge is 0.337 e. The van der Waals surface area contributed by atoms with Gasteiger partial charge in [0.25, 0.3) is 5.91 Å². The average molecular weight is 670 g/mol. The fourth-order valence-electron chi connectivity index (χ4n) is 6.86. The van der Waals surface area contributed by atoms with Crippen LogP contribution in [0, 0.1) is 0 Å². The minimum Gasteiger partial charge on any atom is -0.466 e. The SMILES string of the molecule is COC(=O)C1=C(CN2CCN3C(=O)N(c4ccc(Oc5ccc(C(=O)N6CCCCC6)cc5)cc4)C[C@@H]3C2)NC(c2nccs2)=N[C@H]1C. The number of aromatic nitrogens is 1. The van der Waals surface area contributed by atoms with E-state index in [9.17, 15) is 14.4 Å². The summed E-state index contributed by atoms with van der Waals surface area (Å²) in [7, 11) is 1.38. The number of ether oxygens (including phenoxy) is 2. The summed E-state index contributed by atoms with van der Waals surface area (Å²) in [6.07, 6.45) is 5.03. The van der Waals surface area contributed by atoms with Crippen molar-refractivity contribution in [1.82, 2.24) is 25.0 Å². The number of nitrogens with zero attached hydrogens (tertiary/aromatic N) is 6. The van der Waals surface area contributed by atoms with Crippen LogP contribution in [0.15, 0.2) is 76.4 Å². The van der Waals surface area contributed by atoms with Crippen molar-refractivity contribution in [2.45, 2.75) is 38.3 Å². The van der Waals surface area contributed by atoms with Gasteiger partial charge in [0.1, 0.15) is 11.5 Å². The number of thiazole rings is 1. The van der Waals surface area contributed by atoms with Crippen LogP contribution in [0.3, 0.4) is 0 Å². The molecule has 12 nitrogen and oxygen atoms in total. The lowest BCUT2D eigenvalue weighted by molar-refractivity contribution is -0.136. The number of carbonyl (C=O) groups is 3. The molecule has 48 heavy (non-hydrogen) atoms. The zero-order valence-electron chi connectivity index (χ0n) is 27.1. The molecule has 1 aromatic heterocycles.